The van der Waals surface area contributed by atoms with Crippen molar-refractivity contribution in [2.45, 2.75) is 81.5 Å². The summed E-state index contributed by atoms with van der Waals surface area (Å²) in [5, 5.41) is 3.02. The quantitative estimate of drug-likeness (QED) is 0.183. The maximum absolute atomic E-state index is 6.68. The van der Waals surface area contributed by atoms with Crippen LogP contribution in [-0.2, 0) is 10.8 Å². The van der Waals surface area contributed by atoms with Gasteiger partial charge in [0.1, 0.15) is 11.5 Å². The summed E-state index contributed by atoms with van der Waals surface area (Å²) in [5.41, 5.74) is 12.5. The second-order valence-electron chi connectivity index (χ2n) is 17.7. The molecule has 0 saturated heterocycles. The molecule has 0 N–H and O–H groups in total. The second-order valence-corrected chi connectivity index (χ2v) is 17.7. The van der Waals surface area contributed by atoms with Gasteiger partial charge in [0.15, 0.2) is 0 Å². The molecule has 226 valence electrons. The van der Waals surface area contributed by atoms with E-state index in [1.54, 1.807) is 11.1 Å². The minimum atomic E-state index is 0.213. The number of fused-ring (bicyclic) bond motifs is 7. The smallest absolute Gasteiger partial charge is 0.256 e. The molecule has 1 aromatic heterocycles. The van der Waals surface area contributed by atoms with E-state index in [2.05, 4.69) is 77.4 Å². The highest BCUT2D eigenvalue weighted by Crippen LogP contribution is 2.65. The van der Waals surface area contributed by atoms with Crippen molar-refractivity contribution < 1.29 is 4.74 Å². The van der Waals surface area contributed by atoms with E-state index in [9.17, 15) is 0 Å². The van der Waals surface area contributed by atoms with Crippen molar-refractivity contribution in [1.29, 1.82) is 0 Å². The molecule has 4 aromatic carbocycles. The summed E-state index contributed by atoms with van der Waals surface area (Å²) in [6, 6.07) is 28.9. The van der Waals surface area contributed by atoms with Crippen molar-refractivity contribution in [2.75, 3.05) is 0 Å². The molecule has 2 aliphatic heterocycles. The summed E-state index contributed by atoms with van der Waals surface area (Å²) in [4.78, 5) is 0. The number of hydrogen-bond acceptors (Lipinski definition) is 1. The molecule has 2 unspecified atom stereocenters. The third-order valence-corrected chi connectivity index (χ3v) is 15.4. The molecule has 0 radical (unpaired) electrons. The van der Waals surface area contributed by atoms with E-state index in [1.165, 1.54) is 115 Å². The first-order valence-electron chi connectivity index (χ1n) is 18.6. The van der Waals surface area contributed by atoms with Crippen molar-refractivity contribution >= 4 is 44.9 Å². The molecule has 0 amide bonds. The zero-order chi connectivity index (χ0) is 29.5. The van der Waals surface area contributed by atoms with E-state index in [0.717, 1.165) is 47.0 Å². The van der Waals surface area contributed by atoms with Crippen LogP contribution in [0.1, 0.15) is 81.8 Å². The Morgan fingerprint density at radius 2 is 1.26 bits per heavy atom. The van der Waals surface area contributed by atoms with E-state index in [4.69, 9.17) is 4.74 Å². The lowest BCUT2D eigenvalue weighted by Crippen LogP contribution is -2.58. The number of rotatable bonds is 2. The van der Waals surface area contributed by atoms with Gasteiger partial charge in [-0.25, -0.2) is 0 Å². The van der Waals surface area contributed by atoms with Gasteiger partial charge in [0, 0.05) is 22.0 Å². The molecule has 8 saturated carbocycles. The summed E-state index contributed by atoms with van der Waals surface area (Å²) in [5.74, 6) is 7.83. The predicted molar refractivity (Wildman–Crippen MR) is 187 cm³/mol. The van der Waals surface area contributed by atoms with Gasteiger partial charge in [0.2, 0.25) is 0 Å². The van der Waals surface area contributed by atoms with Crippen LogP contribution >= 0.6 is 0 Å². The van der Waals surface area contributed by atoms with Gasteiger partial charge in [-0.2, -0.15) is 0 Å². The van der Waals surface area contributed by atoms with Gasteiger partial charge in [0.05, 0.1) is 5.52 Å². The van der Waals surface area contributed by atoms with Gasteiger partial charge in [0.25, 0.3) is 6.71 Å². The summed E-state index contributed by atoms with van der Waals surface area (Å²) < 4.78 is 9.33. The molecule has 10 aliphatic rings. The third kappa shape index (κ3) is 2.87. The molecule has 2 nitrogen and oxygen atoms in total. The molecular weight excluding hydrogens is 557 g/mol. The average molecular weight is 598 g/mol. The SMILES string of the molecule is c1ccc2c(c1)Oc1cccc3c1B2c1cc(C24CC5CC(C2)C(C5)C4)cc2c4cc(C56CC7CC(CC(C7)C5)C6)ccc4n-3c12. The zero-order valence-electron chi connectivity index (χ0n) is 26.6. The van der Waals surface area contributed by atoms with Crippen molar-refractivity contribution in [3.05, 3.63) is 83.9 Å². The number of para-hydroxylation sites is 1. The van der Waals surface area contributed by atoms with Gasteiger partial charge in [-0.1, -0.05) is 36.4 Å². The van der Waals surface area contributed by atoms with Crippen molar-refractivity contribution in [3.63, 3.8) is 0 Å². The molecular formula is C43H40BNO. The van der Waals surface area contributed by atoms with Crippen molar-refractivity contribution in [2.24, 2.45) is 35.5 Å². The highest BCUT2D eigenvalue weighted by molar-refractivity contribution is 6.99. The van der Waals surface area contributed by atoms with E-state index < -0.39 is 0 Å². The van der Waals surface area contributed by atoms with Gasteiger partial charge in [-0.15, -0.1) is 0 Å². The average Bonchev–Trinajstić information content (AvgIpc) is 3.64. The molecule has 8 bridgehead atoms. The van der Waals surface area contributed by atoms with E-state index >= 15 is 0 Å². The van der Waals surface area contributed by atoms with Gasteiger partial charge in [-0.05, 0) is 181 Å². The molecule has 0 spiro atoms. The van der Waals surface area contributed by atoms with E-state index in [0.29, 0.717) is 10.8 Å². The van der Waals surface area contributed by atoms with E-state index in [1.807, 2.05) is 0 Å². The molecule has 46 heavy (non-hydrogen) atoms. The lowest BCUT2D eigenvalue weighted by atomic mass is 9.34. The first-order chi connectivity index (χ1) is 22.6. The highest BCUT2D eigenvalue weighted by Gasteiger charge is 2.57. The van der Waals surface area contributed by atoms with Gasteiger partial charge >= 0.3 is 0 Å². The topological polar surface area (TPSA) is 14.2 Å². The van der Waals surface area contributed by atoms with Crippen LogP contribution in [0.4, 0.5) is 0 Å². The number of hydrogen-bond donors (Lipinski definition) is 0. The summed E-state index contributed by atoms with van der Waals surface area (Å²) >= 11 is 0. The van der Waals surface area contributed by atoms with Crippen molar-refractivity contribution in [1.82, 2.24) is 4.57 Å². The van der Waals surface area contributed by atoms with Gasteiger partial charge in [-0.3, -0.25) is 0 Å². The Labute approximate surface area is 271 Å². The molecule has 8 aliphatic carbocycles. The van der Waals surface area contributed by atoms with Crippen LogP contribution in [0.2, 0.25) is 0 Å². The Kier molecular flexibility index (Phi) is 4.28. The lowest BCUT2D eigenvalue weighted by molar-refractivity contribution is -0.00512. The Bertz CT molecular complexity index is 2150. The first-order valence-corrected chi connectivity index (χ1v) is 18.6. The number of ether oxygens (including phenoxy) is 1. The minimum absolute atomic E-state index is 0.213. The largest absolute Gasteiger partial charge is 0.458 e. The maximum Gasteiger partial charge on any atom is 0.256 e. The van der Waals surface area contributed by atoms with Crippen LogP contribution in [0.3, 0.4) is 0 Å². The van der Waals surface area contributed by atoms with Crippen LogP contribution in [0.15, 0.2) is 72.8 Å². The Morgan fingerprint density at radius 3 is 2.02 bits per heavy atom. The fourth-order valence-corrected chi connectivity index (χ4v) is 14.4. The molecule has 2 atom stereocenters. The van der Waals surface area contributed by atoms with Crippen LogP contribution in [0.25, 0.3) is 27.5 Å². The monoisotopic (exact) mass is 597 g/mol. The van der Waals surface area contributed by atoms with Gasteiger partial charge < -0.3 is 9.30 Å². The highest BCUT2D eigenvalue weighted by atomic mass is 16.5. The number of nitrogens with zero attached hydrogens (tertiary/aromatic N) is 1. The maximum atomic E-state index is 6.68. The number of aromatic nitrogens is 1. The zero-order valence-corrected chi connectivity index (χ0v) is 26.6. The molecule has 5 aromatic rings. The standard InChI is InChI=1S/C43H40BNO/c1-2-6-38-34(4-1)44-35-17-31(43-21-27-13-28(22-43)29(14-27)23-43)16-33-32-15-30(42-18-24-10-25(19-42)12-26(11-24)20-42)8-9-36(32)45(41(33)35)37-5-3-7-39(46-38)40(37)44/h1-9,15-17,24-29H,10-14,18-23H2. The molecule has 15 rings (SSSR count). The predicted octanol–water partition coefficient (Wildman–Crippen LogP) is 8.26. The summed E-state index contributed by atoms with van der Waals surface area (Å²) in [6.07, 6.45) is 16.0. The molecule has 8 fully saturated rings. The molecule has 3 heteroatoms. The van der Waals surface area contributed by atoms with Crippen LogP contribution in [-0.4, -0.2) is 11.3 Å². The molecule has 3 heterocycles. The summed E-state index contributed by atoms with van der Waals surface area (Å²) in [7, 11) is 0. The normalized spacial score (nSPS) is 36.5. The minimum Gasteiger partial charge on any atom is -0.458 e. The third-order valence-electron chi connectivity index (χ3n) is 15.4. The second kappa shape index (κ2) is 7.97. The Hall–Kier alpha value is -3.46. The van der Waals surface area contributed by atoms with Crippen LogP contribution in [0, 0.1) is 35.5 Å². The van der Waals surface area contributed by atoms with E-state index in [-0.39, 0.29) is 6.71 Å². The van der Waals surface area contributed by atoms with Crippen LogP contribution in [0.5, 0.6) is 11.5 Å². The number of benzene rings is 4. The fraction of sp³-hybridized carbons (Fsp3) is 0.442. The van der Waals surface area contributed by atoms with Crippen LogP contribution < -0.4 is 21.1 Å². The van der Waals surface area contributed by atoms with Crippen molar-refractivity contribution in [3.8, 4) is 17.2 Å². The Morgan fingerprint density at radius 1 is 0.587 bits per heavy atom. The first kappa shape index (κ1) is 24.7. The fourth-order valence-electron chi connectivity index (χ4n) is 14.4. The lowest BCUT2D eigenvalue weighted by Gasteiger charge is -2.57. The summed E-state index contributed by atoms with van der Waals surface area (Å²) in [6.45, 7) is 0.213. The Balaban J connectivity index is 1.12.